The second kappa shape index (κ2) is 7.22. The number of aliphatic hydroxyl groups is 1. The van der Waals surface area contributed by atoms with E-state index in [2.05, 4.69) is 14.9 Å². The number of aromatic nitrogens is 2. The zero-order valence-electron chi connectivity index (χ0n) is 13.3. The van der Waals surface area contributed by atoms with Crippen LogP contribution < -0.4 is 5.32 Å². The van der Waals surface area contributed by atoms with Crippen molar-refractivity contribution < 1.29 is 9.90 Å². The van der Waals surface area contributed by atoms with Gasteiger partial charge < -0.3 is 15.0 Å². The highest BCUT2D eigenvalue weighted by atomic mass is 16.3. The van der Waals surface area contributed by atoms with Crippen LogP contribution in [0.4, 0.5) is 0 Å². The average molecular weight is 301 g/mol. The Morgan fingerprint density at radius 2 is 2.18 bits per heavy atom. The van der Waals surface area contributed by atoms with E-state index in [9.17, 15) is 9.90 Å². The monoisotopic (exact) mass is 301 g/mol. The Bertz CT molecular complexity index is 631. The van der Waals surface area contributed by atoms with Crippen molar-refractivity contribution in [2.75, 3.05) is 6.61 Å². The molecule has 0 aliphatic carbocycles. The van der Waals surface area contributed by atoms with E-state index in [0.717, 1.165) is 17.1 Å². The third kappa shape index (κ3) is 3.54. The number of aryl methyl sites for hydroxylation is 1. The molecule has 2 heterocycles. The predicted molar refractivity (Wildman–Crippen MR) is 85.9 cm³/mol. The molecule has 0 fully saturated rings. The van der Waals surface area contributed by atoms with Crippen LogP contribution in [-0.4, -0.2) is 33.2 Å². The third-order valence-electron chi connectivity index (χ3n) is 3.91. The molecule has 0 aliphatic heterocycles. The molecule has 0 aliphatic rings. The van der Waals surface area contributed by atoms with Crippen LogP contribution in [0.5, 0.6) is 0 Å². The standard InChI is InChI=1S/C17H23N3O2/c1-4-14(11-21)19-17(22)16-9-12(2)20(13(16)3)10-15-7-5-6-8-18-15/h5-9,14,21H,4,10-11H2,1-3H3,(H,19,22). The first-order valence-electron chi connectivity index (χ1n) is 7.55. The quantitative estimate of drug-likeness (QED) is 0.858. The van der Waals surface area contributed by atoms with Gasteiger partial charge in [-0.3, -0.25) is 9.78 Å². The molecule has 22 heavy (non-hydrogen) atoms. The minimum Gasteiger partial charge on any atom is -0.394 e. The van der Waals surface area contributed by atoms with E-state index in [1.54, 1.807) is 6.20 Å². The van der Waals surface area contributed by atoms with Gasteiger partial charge in [0.1, 0.15) is 0 Å². The van der Waals surface area contributed by atoms with Gasteiger partial charge in [-0.25, -0.2) is 0 Å². The normalized spacial score (nSPS) is 12.2. The number of amides is 1. The zero-order chi connectivity index (χ0) is 16.1. The maximum absolute atomic E-state index is 12.4. The van der Waals surface area contributed by atoms with E-state index in [-0.39, 0.29) is 18.6 Å². The van der Waals surface area contributed by atoms with E-state index < -0.39 is 0 Å². The third-order valence-corrected chi connectivity index (χ3v) is 3.91. The van der Waals surface area contributed by atoms with Crippen molar-refractivity contribution in [3.63, 3.8) is 0 Å². The Kier molecular flexibility index (Phi) is 5.33. The smallest absolute Gasteiger partial charge is 0.253 e. The first-order chi connectivity index (χ1) is 10.6. The lowest BCUT2D eigenvalue weighted by atomic mass is 10.2. The Hall–Kier alpha value is -2.14. The summed E-state index contributed by atoms with van der Waals surface area (Å²) in [6, 6.07) is 7.50. The van der Waals surface area contributed by atoms with Gasteiger partial charge >= 0.3 is 0 Å². The van der Waals surface area contributed by atoms with Gasteiger partial charge in [0.05, 0.1) is 30.5 Å². The van der Waals surface area contributed by atoms with Crippen LogP contribution in [0.1, 0.15) is 40.8 Å². The van der Waals surface area contributed by atoms with Gasteiger partial charge in [0.15, 0.2) is 0 Å². The number of carbonyl (C=O) groups excluding carboxylic acids is 1. The van der Waals surface area contributed by atoms with Crippen molar-refractivity contribution in [3.8, 4) is 0 Å². The summed E-state index contributed by atoms with van der Waals surface area (Å²) in [6.07, 6.45) is 2.47. The molecule has 0 saturated heterocycles. The number of pyridine rings is 1. The Morgan fingerprint density at radius 1 is 1.41 bits per heavy atom. The van der Waals surface area contributed by atoms with Gasteiger partial charge in [0.25, 0.3) is 5.91 Å². The van der Waals surface area contributed by atoms with Crippen LogP contribution in [-0.2, 0) is 6.54 Å². The summed E-state index contributed by atoms with van der Waals surface area (Å²) in [4.78, 5) is 16.7. The molecule has 2 aromatic rings. The highest BCUT2D eigenvalue weighted by molar-refractivity contribution is 5.95. The Labute approximate surface area is 131 Å². The van der Waals surface area contributed by atoms with Gasteiger partial charge in [-0.15, -0.1) is 0 Å². The summed E-state index contributed by atoms with van der Waals surface area (Å²) in [5.41, 5.74) is 3.54. The fourth-order valence-corrected chi connectivity index (χ4v) is 2.47. The number of hydrogen-bond donors (Lipinski definition) is 2. The lowest BCUT2D eigenvalue weighted by molar-refractivity contribution is 0.0914. The van der Waals surface area contributed by atoms with Crippen LogP contribution in [0.2, 0.25) is 0 Å². The molecule has 1 unspecified atom stereocenters. The second-order valence-corrected chi connectivity index (χ2v) is 5.45. The molecule has 2 rings (SSSR count). The molecule has 1 atom stereocenters. The van der Waals surface area contributed by atoms with Crippen LogP contribution in [0.15, 0.2) is 30.5 Å². The maximum atomic E-state index is 12.4. The Morgan fingerprint density at radius 3 is 2.77 bits per heavy atom. The number of carbonyl (C=O) groups is 1. The summed E-state index contributed by atoms with van der Waals surface area (Å²) >= 11 is 0. The molecule has 118 valence electrons. The summed E-state index contributed by atoms with van der Waals surface area (Å²) in [5, 5.41) is 12.1. The topological polar surface area (TPSA) is 67.2 Å². The van der Waals surface area contributed by atoms with Crippen molar-refractivity contribution in [1.29, 1.82) is 0 Å². The van der Waals surface area contributed by atoms with Gasteiger partial charge in [-0.05, 0) is 38.5 Å². The van der Waals surface area contributed by atoms with E-state index in [1.165, 1.54) is 0 Å². The van der Waals surface area contributed by atoms with Gasteiger partial charge in [-0.2, -0.15) is 0 Å². The number of aliphatic hydroxyl groups excluding tert-OH is 1. The molecule has 0 bridgehead atoms. The molecule has 2 aromatic heterocycles. The van der Waals surface area contributed by atoms with Crippen LogP contribution in [0.25, 0.3) is 0 Å². The van der Waals surface area contributed by atoms with Gasteiger partial charge in [0.2, 0.25) is 0 Å². The lowest BCUT2D eigenvalue weighted by Crippen LogP contribution is -2.37. The molecule has 0 aromatic carbocycles. The minimum absolute atomic E-state index is 0.0467. The maximum Gasteiger partial charge on any atom is 0.253 e. The van der Waals surface area contributed by atoms with Crippen molar-refractivity contribution in [2.24, 2.45) is 0 Å². The van der Waals surface area contributed by atoms with Crippen molar-refractivity contribution in [1.82, 2.24) is 14.9 Å². The summed E-state index contributed by atoms with van der Waals surface area (Å²) < 4.78 is 2.08. The van der Waals surface area contributed by atoms with Crippen molar-refractivity contribution in [3.05, 3.63) is 53.1 Å². The van der Waals surface area contributed by atoms with Crippen LogP contribution in [0.3, 0.4) is 0 Å². The number of rotatable bonds is 6. The van der Waals surface area contributed by atoms with Gasteiger partial charge in [0, 0.05) is 17.6 Å². The molecule has 1 amide bonds. The summed E-state index contributed by atoms with van der Waals surface area (Å²) in [5.74, 6) is -0.138. The molecule has 2 N–H and O–H groups in total. The van der Waals surface area contributed by atoms with E-state index >= 15 is 0 Å². The molecule has 5 nitrogen and oxygen atoms in total. The second-order valence-electron chi connectivity index (χ2n) is 5.45. The van der Waals surface area contributed by atoms with Crippen molar-refractivity contribution in [2.45, 2.75) is 39.8 Å². The van der Waals surface area contributed by atoms with Crippen LogP contribution in [0, 0.1) is 13.8 Å². The van der Waals surface area contributed by atoms with E-state index in [0.29, 0.717) is 18.5 Å². The average Bonchev–Trinajstić information content (AvgIpc) is 2.81. The molecule has 5 heteroatoms. The highest BCUT2D eigenvalue weighted by Gasteiger charge is 2.18. The fourth-order valence-electron chi connectivity index (χ4n) is 2.47. The fraction of sp³-hybridized carbons (Fsp3) is 0.412. The molecule has 0 saturated carbocycles. The number of nitrogens with zero attached hydrogens (tertiary/aromatic N) is 2. The van der Waals surface area contributed by atoms with E-state index in [4.69, 9.17) is 0 Å². The number of nitrogens with one attached hydrogen (secondary N) is 1. The molecule has 0 spiro atoms. The molecular weight excluding hydrogens is 278 g/mol. The summed E-state index contributed by atoms with van der Waals surface area (Å²) in [6.45, 7) is 6.45. The van der Waals surface area contributed by atoms with Crippen LogP contribution >= 0.6 is 0 Å². The minimum atomic E-state index is -0.202. The molecule has 0 radical (unpaired) electrons. The predicted octanol–water partition coefficient (Wildman–Crippen LogP) is 2.05. The number of hydrogen-bond acceptors (Lipinski definition) is 3. The first kappa shape index (κ1) is 16.2. The largest absolute Gasteiger partial charge is 0.394 e. The van der Waals surface area contributed by atoms with Crippen molar-refractivity contribution >= 4 is 5.91 Å². The van der Waals surface area contributed by atoms with E-state index in [1.807, 2.05) is 45.0 Å². The lowest BCUT2D eigenvalue weighted by Gasteiger charge is -2.14. The zero-order valence-corrected chi connectivity index (χ0v) is 13.3. The SMILES string of the molecule is CCC(CO)NC(=O)c1cc(C)n(Cc2ccccn2)c1C. The highest BCUT2D eigenvalue weighted by Crippen LogP contribution is 2.17. The first-order valence-corrected chi connectivity index (χ1v) is 7.55. The summed E-state index contributed by atoms with van der Waals surface area (Å²) in [7, 11) is 0. The van der Waals surface area contributed by atoms with Gasteiger partial charge in [-0.1, -0.05) is 13.0 Å². The Balaban J connectivity index is 2.21. The molecular formula is C17H23N3O2.